The number of aromatic nitrogens is 2. The highest BCUT2D eigenvalue weighted by molar-refractivity contribution is 5.96. The van der Waals surface area contributed by atoms with Gasteiger partial charge in [0.15, 0.2) is 0 Å². The molecule has 0 spiro atoms. The van der Waals surface area contributed by atoms with Crippen LogP contribution in [-0.4, -0.2) is 45.4 Å². The van der Waals surface area contributed by atoms with E-state index in [0.717, 1.165) is 11.4 Å². The minimum atomic E-state index is -0.0769. The van der Waals surface area contributed by atoms with Crippen molar-refractivity contribution in [3.05, 3.63) is 53.6 Å². The van der Waals surface area contributed by atoms with E-state index in [0.29, 0.717) is 25.2 Å². The maximum atomic E-state index is 12.4. The van der Waals surface area contributed by atoms with Gasteiger partial charge in [0.2, 0.25) is 5.91 Å². The molecule has 6 heteroatoms. The van der Waals surface area contributed by atoms with Crippen LogP contribution in [0.5, 0.6) is 0 Å². The monoisotopic (exact) mass is 340 g/mol. The molecule has 25 heavy (non-hydrogen) atoms. The summed E-state index contributed by atoms with van der Waals surface area (Å²) in [6.45, 7) is 7.45. The largest absolute Gasteiger partial charge is 0.346 e. The molecule has 3 rings (SSSR count). The summed E-state index contributed by atoms with van der Waals surface area (Å²) in [5, 5.41) is 2.99. The summed E-state index contributed by atoms with van der Waals surface area (Å²) in [5.41, 5.74) is 1.64. The van der Waals surface area contributed by atoms with Crippen molar-refractivity contribution < 1.29 is 9.59 Å². The molecule has 6 nitrogen and oxygen atoms in total. The highest BCUT2D eigenvalue weighted by Gasteiger charge is 2.32. The third kappa shape index (κ3) is 3.73. The van der Waals surface area contributed by atoms with E-state index in [1.807, 2.05) is 42.0 Å². The van der Waals surface area contributed by atoms with Gasteiger partial charge < -0.3 is 14.8 Å². The van der Waals surface area contributed by atoms with Crippen LogP contribution in [0, 0.1) is 6.92 Å². The lowest BCUT2D eigenvalue weighted by Crippen LogP contribution is -2.61. The zero-order chi connectivity index (χ0) is 18.0. The van der Waals surface area contributed by atoms with E-state index in [1.165, 1.54) is 0 Å². The van der Waals surface area contributed by atoms with Gasteiger partial charge in [-0.25, -0.2) is 4.98 Å². The summed E-state index contributed by atoms with van der Waals surface area (Å²) in [7, 11) is 0. The number of nitrogens with one attached hydrogen (secondary N) is 1. The van der Waals surface area contributed by atoms with E-state index in [9.17, 15) is 9.59 Å². The number of imidazole rings is 1. The van der Waals surface area contributed by atoms with Crippen LogP contribution in [-0.2, 0) is 11.3 Å². The quantitative estimate of drug-likeness (QED) is 0.905. The van der Waals surface area contributed by atoms with Crippen LogP contribution < -0.4 is 5.32 Å². The van der Waals surface area contributed by atoms with Crippen molar-refractivity contribution in [1.82, 2.24) is 19.8 Å². The second-order valence-electron chi connectivity index (χ2n) is 6.85. The number of hydrogen-bond donors (Lipinski definition) is 1. The molecule has 1 fully saturated rings. The fraction of sp³-hybridized carbons (Fsp3) is 0.421. The van der Waals surface area contributed by atoms with Crippen LogP contribution in [0.1, 0.15) is 41.5 Å². The van der Waals surface area contributed by atoms with Gasteiger partial charge >= 0.3 is 0 Å². The number of benzene rings is 1. The van der Waals surface area contributed by atoms with Crippen molar-refractivity contribution in [2.75, 3.05) is 13.1 Å². The molecular formula is C19H24N4O2. The highest BCUT2D eigenvalue weighted by Crippen LogP contribution is 2.15. The van der Waals surface area contributed by atoms with E-state index >= 15 is 0 Å². The predicted molar refractivity (Wildman–Crippen MR) is 95.3 cm³/mol. The fourth-order valence-electron chi connectivity index (χ4n) is 3.07. The van der Waals surface area contributed by atoms with E-state index in [2.05, 4.69) is 24.1 Å². The van der Waals surface area contributed by atoms with Crippen LogP contribution in [0.4, 0.5) is 0 Å². The first kappa shape index (κ1) is 17.2. The Morgan fingerprint density at radius 1 is 1.28 bits per heavy atom. The van der Waals surface area contributed by atoms with Crippen molar-refractivity contribution in [1.29, 1.82) is 0 Å². The average Bonchev–Trinajstić information content (AvgIpc) is 2.98. The van der Waals surface area contributed by atoms with E-state index in [-0.39, 0.29) is 23.8 Å². The molecule has 132 valence electrons. The second kappa shape index (κ2) is 7.09. The summed E-state index contributed by atoms with van der Waals surface area (Å²) in [5.74, 6) is 1.17. The molecule has 1 aliphatic rings. The lowest BCUT2D eigenvalue weighted by atomic mass is 10.1. The Morgan fingerprint density at radius 3 is 2.68 bits per heavy atom. The van der Waals surface area contributed by atoms with Gasteiger partial charge in [0.1, 0.15) is 12.4 Å². The van der Waals surface area contributed by atoms with Crippen LogP contribution in [0.15, 0.2) is 36.7 Å². The number of carbonyl (C=O) groups is 2. The van der Waals surface area contributed by atoms with Crippen molar-refractivity contribution in [3.63, 3.8) is 0 Å². The predicted octanol–water partition coefficient (Wildman–Crippen LogP) is 1.96. The summed E-state index contributed by atoms with van der Waals surface area (Å²) in [4.78, 5) is 30.8. The number of carbonyl (C=O) groups excluding carboxylic acids is 2. The highest BCUT2D eigenvalue weighted by atomic mass is 16.2. The molecule has 0 aliphatic carbocycles. The van der Waals surface area contributed by atoms with Gasteiger partial charge in [-0.05, 0) is 18.6 Å². The summed E-state index contributed by atoms with van der Waals surface area (Å²) in [6, 6.07) is 7.53. The third-order valence-electron chi connectivity index (χ3n) is 4.53. The van der Waals surface area contributed by atoms with Crippen molar-refractivity contribution >= 4 is 11.8 Å². The molecule has 1 N–H and O–H groups in total. The molecule has 2 amide bonds. The number of amides is 2. The van der Waals surface area contributed by atoms with Crippen molar-refractivity contribution in [2.45, 2.75) is 39.3 Å². The molecule has 0 atom stereocenters. The van der Waals surface area contributed by atoms with Gasteiger partial charge in [-0.15, -0.1) is 0 Å². The van der Waals surface area contributed by atoms with Gasteiger partial charge in [0, 0.05) is 37.0 Å². The van der Waals surface area contributed by atoms with Crippen LogP contribution >= 0.6 is 0 Å². The Bertz CT molecular complexity index is 775. The Labute approximate surface area is 147 Å². The average molecular weight is 340 g/mol. The molecule has 1 aromatic carbocycles. The zero-order valence-electron chi connectivity index (χ0n) is 14.9. The second-order valence-corrected chi connectivity index (χ2v) is 6.85. The lowest BCUT2D eigenvalue weighted by Gasteiger charge is -2.39. The normalized spacial score (nSPS) is 14.5. The lowest BCUT2D eigenvalue weighted by molar-refractivity contribution is -0.136. The minimum Gasteiger partial charge on any atom is -0.346 e. The Morgan fingerprint density at radius 2 is 2.00 bits per heavy atom. The van der Waals surface area contributed by atoms with Crippen LogP contribution in [0.3, 0.4) is 0 Å². The van der Waals surface area contributed by atoms with Crippen molar-refractivity contribution in [3.8, 4) is 0 Å². The molecule has 0 bridgehead atoms. The Kier molecular flexibility index (Phi) is 4.88. The molecule has 0 saturated carbocycles. The van der Waals surface area contributed by atoms with E-state index in [1.54, 1.807) is 11.1 Å². The summed E-state index contributed by atoms with van der Waals surface area (Å²) >= 11 is 0. The molecule has 1 aliphatic heterocycles. The maximum Gasteiger partial charge on any atom is 0.251 e. The number of aryl methyl sites for hydroxylation is 1. The number of likely N-dealkylation sites (tertiary alicyclic amines) is 1. The standard InChI is InChI=1S/C19H24N4O2/c1-13(2)18-20-8-9-22(18)12-17(24)23-10-15(11-23)21-19(25)16-7-5-4-6-14(16)3/h4-9,13,15H,10-12H2,1-3H3,(H,21,25). The Hall–Kier alpha value is -2.63. The van der Waals surface area contributed by atoms with Gasteiger partial charge in [0.25, 0.3) is 5.91 Å². The molecule has 0 radical (unpaired) electrons. The molecule has 0 unspecified atom stereocenters. The fourth-order valence-corrected chi connectivity index (χ4v) is 3.07. The first-order chi connectivity index (χ1) is 12.0. The molecular weight excluding hydrogens is 316 g/mol. The maximum absolute atomic E-state index is 12.4. The molecule has 2 heterocycles. The number of hydrogen-bond acceptors (Lipinski definition) is 3. The first-order valence-electron chi connectivity index (χ1n) is 8.61. The molecule has 1 saturated heterocycles. The van der Waals surface area contributed by atoms with Gasteiger partial charge in [-0.1, -0.05) is 32.0 Å². The number of nitrogens with zero attached hydrogens (tertiary/aromatic N) is 3. The smallest absolute Gasteiger partial charge is 0.251 e. The van der Waals surface area contributed by atoms with Gasteiger partial charge in [-0.2, -0.15) is 0 Å². The SMILES string of the molecule is Cc1ccccc1C(=O)NC1CN(C(=O)Cn2ccnc2C(C)C)C1. The van der Waals surface area contributed by atoms with Crippen molar-refractivity contribution in [2.24, 2.45) is 0 Å². The molecule has 1 aromatic heterocycles. The summed E-state index contributed by atoms with van der Waals surface area (Å²) in [6.07, 6.45) is 3.56. The Balaban J connectivity index is 1.51. The van der Waals surface area contributed by atoms with Gasteiger partial charge in [0.05, 0.1) is 6.04 Å². The van der Waals surface area contributed by atoms with Gasteiger partial charge in [-0.3, -0.25) is 9.59 Å². The van der Waals surface area contributed by atoms with E-state index in [4.69, 9.17) is 0 Å². The van der Waals surface area contributed by atoms with Crippen LogP contribution in [0.25, 0.3) is 0 Å². The minimum absolute atomic E-state index is 0.0170. The summed E-state index contributed by atoms with van der Waals surface area (Å²) < 4.78 is 1.90. The van der Waals surface area contributed by atoms with E-state index < -0.39 is 0 Å². The number of rotatable bonds is 5. The zero-order valence-corrected chi connectivity index (χ0v) is 14.9. The molecule has 2 aromatic rings. The topological polar surface area (TPSA) is 67.2 Å². The first-order valence-corrected chi connectivity index (χ1v) is 8.61. The third-order valence-corrected chi connectivity index (χ3v) is 4.53. The van der Waals surface area contributed by atoms with Crippen LogP contribution in [0.2, 0.25) is 0 Å².